The molecular weight excluding hydrogens is 185 g/mol. The number of nitrogens with zero attached hydrogens (tertiary/aromatic N) is 1. The molecule has 0 fully saturated rings. The van der Waals surface area contributed by atoms with Crippen molar-refractivity contribution in [3.8, 4) is 6.07 Å². The van der Waals surface area contributed by atoms with Gasteiger partial charge >= 0.3 is 5.97 Å². The predicted octanol–water partition coefficient (Wildman–Crippen LogP) is 1.75. The van der Waals surface area contributed by atoms with E-state index in [-0.39, 0.29) is 6.42 Å². The number of aliphatic carboxylic acids is 1. The van der Waals surface area contributed by atoms with Crippen molar-refractivity contribution in [2.45, 2.75) is 12.1 Å². The Hall–Kier alpha value is -1.89. The van der Waals surface area contributed by atoms with Crippen molar-refractivity contribution in [1.82, 2.24) is 0 Å². The van der Waals surface area contributed by atoms with Crippen LogP contribution in [-0.4, -0.2) is 16.7 Å². The van der Waals surface area contributed by atoms with Gasteiger partial charge in [-0.1, -0.05) is 12.2 Å². The van der Waals surface area contributed by atoms with E-state index in [1.54, 1.807) is 0 Å². The minimum absolute atomic E-state index is 0.0424. The number of halogens is 1. The van der Waals surface area contributed by atoms with Crippen LogP contribution in [0.5, 0.6) is 0 Å². The molecule has 1 atom stereocenters. The number of hydrogen-bond acceptors (Lipinski definition) is 2. The first-order valence-electron chi connectivity index (χ1n) is 3.96. The van der Waals surface area contributed by atoms with Crippen LogP contribution in [0.25, 0.3) is 0 Å². The average Bonchev–Trinajstić information content (AvgIpc) is 2.17. The Morgan fingerprint density at radius 3 is 2.93 bits per heavy atom. The molecule has 1 aliphatic rings. The molecule has 0 spiro atoms. The second-order valence-corrected chi connectivity index (χ2v) is 2.89. The quantitative estimate of drug-likeness (QED) is 0.679. The smallest absolute Gasteiger partial charge is 0.328 e. The van der Waals surface area contributed by atoms with Gasteiger partial charge < -0.3 is 5.11 Å². The number of hydrogen-bond donors (Lipinski definition) is 1. The third kappa shape index (κ3) is 2.56. The molecule has 0 saturated carbocycles. The van der Waals surface area contributed by atoms with E-state index in [1.165, 1.54) is 24.3 Å². The Balaban J connectivity index is 2.70. The molecule has 0 bridgehead atoms. The van der Waals surface area contributed by atoms with Crippen LogP contribution in [0.15, 0.2) is 36.0 Å². The van der Waals surface area contributed by atoms with Crippen molar-refractivity contribution < 1.29 is 14.3 Å². The highest BCUT2D eigenvalue weighted by Crippen LogP contribution is 2.24. The van der Waals surface area contributed by atoms with Crippen LogP contribution in [0.2, 0.25) is 0 Å². The summed E-state index contributed by atoms with van der Waals surface area (Å²) in [5.41, 5.74) is -1.35. The maximum atomic E-state index is 13.2. The topological polar surface area (TPSA) is 61.1 Å². The van der Waals surface area contributed by atoms with Crippen LogP contribution in [0.3, 0.4) is 0 Å². The van der Waals surface area contributed by atoms with E-state index >= 15 is 0 Å². The summed E-state index contributed by atoms with van der Waals surface area (Å²) in [6.07, 6.45) is 6.30. The molecule has 3 nitrogen and oxygen atoms in total. The first-order valence-corrected chi connectivity index (χ1v) is 3.96. The maximum absolute atomic E-state index is 13.2. The normalized spacial score (nSPS) is 25.9. The summed E-state index contributed by atoms with van der Waals surface area (Å²) in [7, 11) is 0. The summed E-state index contributed by atoms with van der Waals surface area (Å²) in [5.74, 6) is -1.06. The van der Waals surface area contributed by atoms with E-state index in [1.807, 2.05) is 0 Å². The first-order chi connectivity index (χ1) is 6.56. The van der Waals surface area contributed by atoms with Crippen LogP contribution in [0, 0.1) is 11.3 Å². The third-order valence-corrected chi connectivity index (χ3v) is 1.78. The van der Waals surface area contributed by atoms with Gasteiger partial charge in [-0.3, -0.25) is 0 Å². The lowest BCUT2D eigenvalue weighted by Gasteiger charge is -2.14. The van der Waals surface area contributed by atoms with Crippen LogP contribution < -0.4 is 0 Å². The van der Waals surface area contributed by atoms with E-state index < -0.39 is 11.6 Å². The molecule has 0 aliphatic heterocycles. The van der Waals surface area contributed by atoms with Crippen molar-refractivity contribution in [3.05, 3.63) is 36.0 Å². The maximum Gasteiger partial charge on any atom is 0.328 e. The molecule has 1 unspecified atom stereocenters. The lowest BCUT2D eigenvalue weighted by molar-refractivity contribution is -0.131. The molecule has 14 heavy (non-hydrogen) atoms. The Labute approximate surface area is 80.5 Å². The van der Waals surface area contributed by atoms with Crippen molar-refractivity contribution >= 4 is 5.97 Å². The summed E-state index contributed by atoms with van der Waals surface area (Å²) < 4.78 is 13.2. The summed E-state index contributed by atoms with van der Waals surface area (Å²) in [6, 6.07) is 1.53. The zero-order valence-electron chi connectivity index (χ0n) is 7.27. The number of alkyl halides is 1. The number of nitriles is 1. The lowest BCUT2D eigenvalue weighted by Crippen LogP contribution is -2.17. The number of allylic oxidation sites excluding steroid dienone is 5. The van der Waals surface area contributed by atoms with Gasteiger partial charge in [-0.2, -0.15) is 5.26 Å². The molecule has 0 aromatic rings. The van der Waals surface area contributed by atoms with Gasteiger partial charge in [-0.15, -0.1) is 0 Å². The molecule has 0 radical (unpaired) electrons. The molecule has 0 heterocycles. The van der Waals surface area contributed by atoms with Gasteiger partial charge in [0, 0.05) is 12.5 Å². The van der Waals surface area contributed by atoms with Crippen LogP contribution in [-0.2, 0) is 4.79 Å². The summed E-state index contributed by atoms with van der Waals surface area (Å²) in [6.45, 7) is 0. The van der Waals surface area contributed by atoms with Crippen molar-refractivity contribution in [1.29, 1.82) is 5.26 Å². The molecular formula is C10H8FNO2. The van der Waals surface area contributed by atoms with E-state index in [0.717, 1.165) is 12.2 Å². The number of carbonyl (C=O) groups is 1. The zero-order valence-corrected chi connectivity index (χ0v) is 7.27. The fourth-order valence-corrected chi connectivity index (χ4v) is 1.00. The Morgan fingerprint density at radius 1 is 1.79 bits per heavy atom. The van der Waals surface area contributed by atoms with Gasteiger partial charge in [0.05, 0.1) is 0 Å². The van der Waals surface area contributed by atoms with Gasteiger partial charge in [0.25, 0.3) is 0 Å². The highest BCUT2D eigenvalue weighted by atomic mass is 19.1. The molecule has 0 aromatic heterocycles. The standard InChI is InChI=1S/C10H8FNO2/c11-10(7-12)5-3-8(4-6-10)1-2-9(13)14/h1-5H,6H2,(H,13,14). The van der Waals surface area contributed by atoms with Crippen molar-refractivity contribution in [2.75, 3.05) is 0 Å². The number of carboxylic acid groups (broad SMARTS) is 1. The van der Waals surface area contributed by atoms with Crippen LogP contribution >= 0.6 is 0 Å². The Morgan fingerprint density at radius 2 is 2.50 bits per heavy atom. The van der Waals surface area contributed by atoms with Crippen LogP contribution in [0.1, 0.15) is 6.42 Å². The fraction of sp³-hybridized carbons (Fsp3) is 0.200. The monoisotopic (exact) mass is 193 g/mol. The SMILES string of the molecule is N#CC1(F)C=CC(C=CC(=O)O)=CC1. The van der Waals surface area contributed by atoms with Crippen molar-refractivity contribution in [3.63, 3.8) is 0 Å². The largest absolute Gasteiger partial charge is 0.478 e. The lowest BCUT2D eigenvalue weighted by atomic mass is 9.95. The second kappa shape index (κ2) is 3.88. The summed E-state index contributed by atoms with van der Waals surface area (Å²) >= 11 is 0. The second-order valence-electron chi connectivity index (χ2n) is 2.89. The molecule has 72 valence electrons. The average molecular weight is 193 g/mol. The molecule has 0 aromatic carbocycles. The number of rotatable bonds is 2. The van der Waals surface area contributed by atoms with Gasteiger partial charge in [0.15, 0.2) is 0 Å². The van der Waals surface area contributed by atoms with Crippen molar-refractivity contribution in [2.24, 2.45) is 0 Å². The minimum atomic E-state index is -1.94. The van der Waals surface area contributed by atoms with Gasteiger partial charge in [-0.25, -0.2) is 9.18 Å². The van der Waals surface area contributed by atoms with E-state index in [4.69, 9.17) is 10.4 Å². The van der Waals surface area contributed by atoms with E-state index in [0.29, 0.717) is 5.57 Å². The first kappa shape index (κ1) is 10.2. The molecule has 1 rings (SSSR count). The van der Waals surface area contributed by atoms with E-state index in [9.17, 15) is 9.18 Å². The molecule has 4 heteroatoms. The molecule has 0 saturated heterocycles. The minimum Gasteiger partial charge on any atom is -0.478 e. The zero-order chi connectivity index (χ0) is 10.6. The Bertz CT molecular complexity index is 376. The summed E-state index contributed by atoms with van der Waals surface area (Å²) in [4.78, 5) is 10.2. The van der Waals surface area contributed by atoms with Gasteiger partial charge in [0.2, 0.25) is 5.67 Å². The Kier molecular flexibility index (Phi) is 2.82. The van der Waals surface area contributed by atoms with Gasteiger partial charge in [0.1, 0.15) is 6.07 Å². The van der Waals surface area contributed by atoms with Crippen LogP contribution in [0.4, 0.5) is 4.39 Å². The number of carboxylic acids is 1. The predicted molar refractivity (Wildman–Crippen MR) is 48.1 cm³/mol. The fourth-order valence-electron chi connectivity index (χ4n) is 1.00. The highest BCUT2D eigenvalue weighted by molar-refractivity contribution is 5.80. The van der Waals surface area contributed by atoms with E-state index in [2.05, 4.69) is 0 Å². The van der Waals surface area contributed by atoms with Gasteiger partial charge in [-0.05, 0) is 17.7 Å². The summed E-state index contributed by atoms with van der Waals surface area (Å²) in [5, 5.41) is 16.8. The molecule has 0 amide bonds. The third-order valence-electron chi connectivity index (χ3n) is 1.78. The molecule has 1 N–H and O–H groups in total. The molecule has 1 aliphatic carbocycles. The highest BCUT2D eigenvalue weighted by Gasteiger charge is 2.26.